The molecule has 3 heteroatoms. The van der Waals surface area contributed by atoms with Gasteiger partial charge in [0, 0.05) is 23.1 Å². The second kappa shape index (κ2) is 6.84. The smallest absolute Gasteiger partial charge is 0.100 e. The topological polar surface area (TPSA) is 39.8 Å². The van der Waals surface area contributed by atoms with E-state index in [-0.39, 0.29) is 0 Å². The summed E-state index contributed by atoms with van der Waals surface area (Å²) in [6.45, 7) is 10.4. The molecule has 0 saturated heterocycles. The molecule has 0 radical (unpaired) electrons. The zero-order valence-corrected chi connectivity index (χ0v) is 12.9. The van der Waals surface area contributed by atoms with Gasteiger partial charge >= 0.3 is 0 Å². The number of fused-ring (bicyclic) bond motifs is 1. The summed E-state index contributed by atoms with van der Waals surface area (Å²) in [4.78, 5) is 3.21. The van der Waals surface area contributed by atoms with E-state index in [1.165, 1.54) is 5.39 Å². The van der Waals surface area contributed by atoms with Crippen LogP contribution in [0.15, 0.2) is 66.8 Å². The Balaban J connectivity index is 2.06. The summed E-state index contributed by atoms with van der Waals surface area (Å²) in [7, 11) is 0. The van der Waals surface area contributed by atoms with Crippen molar-refractivity contribution in [3.63, 3.8) is 0 Å². The van der Waals surface area contributed by atoms with Gasteiger partial charge in [-0.3, -0.25) is 0 Å². The molecule has 0 saturated carbocycles. The van der Waals surface area contributed by atoms with Crippen molar-refractivity contribution < 1.29 is 0 Å². The number of hydrogen-bond donors (Lipinski definition) is 3. The molecule has 0 unspecified atom stereocenters. The molecule has 2 aromatic rings. The Kier molecular flexibility index (Phi) is 4.88. The number of nitrogens with one attached hydrogen (secondary N) is 3. The van der Waals surface area contributed by atoms with Crippen molar-refractivity contribution in [2.24, 2.45) is 5.92 Å². The van der Waals surface area contributed by atoms with E-state index in [0.717, 1.165) is 22.7 Å². The van der Waals surface area contributed by atoms with Crippen molar-refractivity contribution in [3.8, 4) is 0 Å². The first-order valence-electron chi connectivity index (χ1n) is 7.23. The van der Waals surface area contributed by atoms with Crippen LogP contribution in [0.5, 0.6) is 0 Å². The fraction of sp³-hybridized carbons (Fsp3) is 0.222. The molecule has 1 aromatic carbocycles. The Morgan fingerprint density at radius 1 is 1.29 bits per heavy atom. The van der Waals surface area contributed by atoms with Gasteiger partial charge in [0.25, 0.3) is 0 Å². The van der Waals surface area contributed by atoms with Gasteiger partial charge in [-0.15, -0.1) is 0 Å². The number of aromatic amines is 1. The maximum atomic E-state index is 4.04. The van der Waals surface area contributed by atoms with Gasteiger partial charge in [0.1, 0.15) is 5.82 Å². The molecular weight excluding hydrogens is 258 g/mol. The van der Waals surface area contributed by atoms with Gasteiger partial charge in [-0.2, -0.15) is 0 Å². The lowest BCUT2D eigenvalue weighted by Gasteiger charge is -2.14. The summed E-state index contributed by atoms with van der Waals surface area (Å²) in [5, 5.41) is 7.79. The fourth-order valence-electron chi connectivity index (χ4n) is 2.18. The molecule has 0 atom stereocenters. The maximum absolute atomic E-state index is 4.04. The quantitative estimate of drug-likeness (QED) is 0.668. The zero-order chi connectivity index (χ0) is 15.2. The molecule has 21 heavy (non-hydrogen) atoms. The molecule has 1 heterocycles. The van der Waals surface area contributed by atoms with Crippen molar-refractivity contribution in [3.05, 3.63) is 66.8 Å². The van der Waals surface area contributed by atoms with Gasteiger partial charge in [0.2, 0.25) is 0 Å². The highest BCUT2D eigenvalue weighted by Gasteiger charge is 2.00. The predicted octanol–water partition coefficient (Wildman–Crippen LogP) is 4.76. The van der Waals surface area contributed by atoms with E-state index in [2.05, 4.69) is 60.3 Å². The van der Waals surface area contributed by atoms with Crippen LogP contribution in [0.1, 0.15) is 20.8 Å². The number of hydrogen-bond acceptors (Lipinski definition) is 2. The van der Waals surface area contributed by atoms with Gasteiger partial charge in [-0.25, -0.2) is 0 Å². The largest absolute Gasteiger partial charge is 0.361 e. The second-order valence-electron chi connectivity index (χ2n) is 5.37. The number of benzene rings is 1. The standard InChI is InChI=1S/C18H23N3/c1-5-6-16(11-13(2)3)20-14(4)21-17-8-7-15-9-10-19-18(15)12-17/h5-13,19-21H,4H2,1-3H3/b6-5-,16-11+. The van der Waals surface area contributed by atoms with Gasteiger partial charge in [0.15, 0.2) is 0 Å². The van der Waals surface area contributed by atoms with E-state index >= 15 is 0 Å². The zero-order valence-electron chi connectivity index (χ0n) is 12.9. The van der Waals surface area contributed by atoms with Crippen LogP contribution in [0, 0.1) is 5.92 Å². The third-order valence-corrected chi connectivity index (χ3v) is 3.00. The van der Waals surface area contributed by atoms with E-state index in [9.17, 15) is 0 Å². The molecule has 3 nitrogen and oxygen atoms in total. The summed E-state index contributed by atoms with van der Waals surface area (Å²) in [5.41, 5.74) is 3.16. The summed E-state index contributed by atoms with van der Waals surface area (Å²) < 4.78 is 0. The number of rotatable bonds is 6. The lowest BCUT2D eigenvalue weighted by molar-refractivity contribution is 0.811. The molecule has 0 spiro atoms. The minimum atomic E-state index is 0.478. The van der Waals surface area contributed by atoms with E-state index in [4.69, 9.17) is 0 Å². The molecule has 0 aliphatic heterocycles. The van der Waals surface area contributed by atoms with E-state index in [0.29, 0.717) is 5.92 Å². The summed E-state index contributed by atoms with van der Waals surface area (Å²) >= 11 is 0. The van der Waals surface area contributed by atoms with Crippen molar-refractivity contribution in [1.82, 2.24) is 10.3 Å². The van der Waals surface area contributed by atoms with Crippen molar-refractivity contribution in [1.29, 1.82) is 0 Å². The van der Waals surface area contributed by atoms with Crippen LogP contribution in [0.3, 0.4) is 0 Å². The molecule has 0 amide bonds. The molecule has 0 bridgehead atoms. The van der Waals surface area contributed by atoms with Crippen LogP contribution < -0.4 is 10.6 Å². The Morgan fingerprint density at radius 2 is 2.10 bits per heavy atom. The number of aromatic nitrogens is 1. The van der Waals surface area contributed by atoms with E-state index < -0.39 is 0 Å². The van der Waals surface area contributed by atoms with Crippen LogP contribution in [-0.2, 0) is 0 Å². The van der Waals surface area contributed by atoms with E-state index in [1.54, 1.807) is 0 Å². The Morgan fingerprint density at radius 3 is 2.81 bits per heavy atom. The van der Waals surface area contributed by atoms with Gasteiger partial charge in [0.05, 0.1) is 0 Å². The molecule has 1 aromatic heterocycles. The third-order valence-electron chi connectivity index (χ3n) is 3.00. The van der Waals surface area contributed by atoms with Crippen LogP contribution in [-0.4, -0.2) is 4.98 Å². The third kappa shape index (κ3) is 4.28. The minimum absolute atomic E-state index is 0.478. The van der Waals surface area contributed by atoms with E-state index in [1.807, 2.05) is 31.3 Å². The number of allylic oxidation sites excluding steroid dienone is 3. The van der Waals surface area contributed by atoms with Gasteiger partial charge in [-0.05, 0) is 42.5 Å². The highest BCUT2D eigenvalue weighted by Crippen LogP contribution is 2.18. The SMILES string of the molecule is C=C(NC(/C=C\C)=C/C(C)C)Nc1ccc2cc[nH]c2c1. The highest BCUT2D eigenvalue weighted by atomic mass is 15.1. The lowest BCUT2D eigenvalue weighted by Crippen LogP contribution is -2.17. The average molecular weight is 281 g/mol. The molecule has 0 aliphatic rings. The summed E-state index contributed by atoms with van der Waals surface area (Å²) in [5.74, 6) is 1.23. The van der Waals surface area contributed by atoms with Crippen LogP contribution >= 0.6 is 0 Å². The summed E-state index contributed by atoms with van der Waals surface area (Å²) in [6, 6.07) is 8.26. The first kappa shape index (κ1) is 15.0. The number of anilines is 1. The monoisotopic (exact) mass is 281 g/mol. The molecule has 3 N–H and O–H groups in total. The van der Waals surface area contributed by atoms with Crippen LogP contribution in [0.4, 0.5) is 5.69 Å². The molecule has 2 rings (SSSR count). The maximum Gasteiger partial charge on any atom is 0.100 e. The first-order valence-corrected chi connectivity index (χ1v) is 7.23. The van der Waals surface area contributed by atoms with Gasteiger partial charge < -0.3 is 15.6 Å². The molecule has 110 valence electrons. The van der Waals surface area contributed by atoms with Crippen molar-refractivity contribution in [2.45, 2.75) is 20.8 Å². The molecule has 0 fully saturated rings. The minimum Gasteiger partial charge on any atom is -0.361 e. The fourth-order valence-corrected chi connectivity index (χ4v) is 2.18. The Labute approximate surface area is 126 Å². The highest BCUT2D eigenvalue weighted by molar-refractivity contribution is 5.83. The van der Waals surface area contributed by atoms with Crippen molar-refractivity contribution in [2.75, 3.05) is 5.32 Å². The normalized spacial score (nSPS) is 12.3. The average Bonchev–Trinajstić information content (AvgIpc) is 2.85. The summed E-state index contributed by atoms with van der Waals surface area (Å²) in [6.07, 6.45) is 8.17. The number of H-pyrrole nitrogens is 1. The molecular formula is C18H23N3. The lowest BCUT2D eigenvalue weighted by atomic mass is 10.2. The Hall–Kier alpha value is -2.42. The Bertz CT molecular complexity index is 675. The first-order chi connectivity index (χ1) is 10.1. The van der Waals surface area contributed by atoms with Crippen LogP contribution in [0.2, 0.25) is 0 Å². The second-order valence-corrected chi connectivity index (χ2v) is 5.37. The predicted molar refractivity (Wildman–Crippen MR) is 91.9 cm³/mol. The van der Waals surface area contributed by atoms with Crippen molar-refractivity contribution >= 4 is 16.6 Å². The van der Waals surface area contributed by atoms with Crippen LogP contribution in [0.25, 0.3) is 10.9 Å². The molecule has 0 aliphatic carbocycles. The van der Waals surface area contributed by atoms with Gasteiger partial charge in [-0.1, -0.05) is 38.6 Å².